The average molecular weight is 513 g/mol. The lowest BCUT2D eigenvalue weighted by molar-refractivity contribution is -0.114. The van der Waals surface area contributed by atoms with E-state index in [1.807, 2.05) is 0 Å². The molecular weight excluding hydrogens is 488 g/mol. The molecule has 11 nitrogen and oxygen atoms in total. The van der Waals surface area contributed by atoms with Gasteiger partial charge >= 0.3 is 5.97 Å². The minimum Gasteiger partial charge on any atom is -0.478 e. The van der Waals surface area contributed by atoms with Crippen LogP contribution >= 0.6 is 0 Å². The number of carbonyl (C=O) groups is 3. The highest BCUT2D eigenvalue weighted by molar-refractivity contribution is 7.85. The number of rotatable bonds is 6. The van der Waals surface area contributed by atoms with Crippen LogP contribution in [0, 0.1) is 5.41 Å². The van der Waals surface area contributed by atoms with Crippen LogP contribution in [0.4, 0.5) is 11.4 Å². The van der Waals surface area contributed by atoms with Crippen molar-refractivity contribution in [2.75, 3.05) is 16.9 Å². The molecule has 0 atom stereocenters. The number of nitrogen functional groups attached to an aromatic ring is 1. The van der Waals surface area contributed by atoms with Crippen molar-refractivity contribution >= 4 is 45.1 Å². The lowest BCUT2D eigenvalue weighted by Crippen LogP contribution is -2.15. The van der Waals surface area contributed by atoms with Crippen LogP contribution < -0.4 is 16.4 Å². The van der Waals surface area contributed by atoms with Crippen molar-refractivity contribution < 1.29 is 32.5 Å². The zero-order valence-electron chi connectivity index (χ0n) is 19.3. The zero-order valence-corrected chi connectivity index (χ0v) is 20.1. The van der Waals surface area contributed by atoms with E-state index in [-0.39, 0.29) is 22.9 Å². The highest BCUT2D eigenvalue weighted by Crippen LogP contribution is 2.30. The number of benzene rings is 3. The van der Waals surface area contributed by atoms with Gasteiger partial charge in [-0.3, -0.25) is 19.6 Å². The summed E-state index contributed by atoms with van der Waals surface area (Å²) >= 11 is 0. The van der Waals surface area contributed by atoms with Crippen LogP contribution in [0.3, 0.4) is 0 Å². The maximum absolute atomic E-state index is 12.9. The molecular formula is C24H24N4O7S. The number of carboxylic acid groups (broad SMARTS) is 1. The van der Waals surface area contributed by atoms with Gasteiger partial charge in [0.2, 0.25) is 5.91 Å². The van der Waals surface area contributed by atoms with Crippen LogP contribution in [0.15, 0.2) is 66.7 Å². The first-order chi connectivity index (χ1) is 16.8. The maximum atomic E-state index is 12.9. The van der Waals surface area contributed by atoms with Crippen LogP contribution in [0.1, 0.15) is 33.2 Å². The van der Waals surface area contributed by atoms with Crippen LogP contribution in [-0.4, -0.2) is 48.0 Å². The third-order valence-corrected chi connectivity index (χ3v) is 4.49. The van der Waals surface area contributed by atoms with Gasteiger partial charge in [-0.1, -0.05) is 24.3 Å². The summed E-state index contributed by atoms with van der Waals surface area (Å²) in [6.45, 7) is 1.33. The fourth-order valence-electron chi connectivity index (χ4n) is 3.08. The predicted octanol–water partition coefficient (Wildman–Crippen LogP) is 3.05. The molecule has 3 aromatic rings. The first kappa shape index (κ1) is 27.7. The number of anilines is 2. The van der Waals surface area contributed by atoms with Crippen molar-refractivity contribution in [1.29, 1.82) is 5.41 Å². The van der Waals surface area contributed by atoms with E-state index in [2.05, 4.69) is 10.6 Å². The summed E-state index contributed by atoms with van der Waals surface area (Å²) in [5.41, 5.74) is 7.85. The number of carboxylic acids is 1. The Labute approximate surface area is 207 Å². The first-order valence-electron chi connectivity index (χ1n) is 10.2. The minimum absolute atomic E-state index is 0.0442. The summed E-state index contributed by atoms with van der Waals surface area (Å²) in [6, 6.07) is 17.6. The molecule has 188 valence electrons. The Balaban J connectivity index is 0.000000830. The molecule has 0 saturated carbocycles. The van der Waals surface area contributed by atoms with E-state index in [0.717, 1.165) is 0 Å². The number of hydrogen-bond acceptors (Lipinski definition) is 6. The molecule has 0 bridgehead atoms. The third kappa shape index (κ3) is 8.34. The summed E-state index contributed by atoms with van der Waals surface area (Å²) in [5, 5.41) is 22.4. The molecule has 3 aromatic carbocycles. The Hall–Kier alpha value is -4.55. The van der Waals surface area contributed by atoms with Gasteiger partial charge in [-0.05, 0) is 53.6 Å². The van der Waals surface area contributed by atoms with E-state index >= 15 is 0 Å². The van der Waals surface area contributed by atoms with Crippen LogP contribution in [0.5, 0.6) is 0 Å². The molecule has 0 radical (unpaired) electrons. The Kier molecular flexibility index (Phi) is 9.02. The quantitative estimate of drug-likeness (QED) is 0.164. The lowest BCUT2D eigenvalue weighted by atomic mass is 9.94. The second-order valence-electron chi connectivity index (χ2n) is 7.47. The molecule has 0 saturated heterocycles. The lowest BCUT2D eigenvalue weighted by Gasteiger charge is -2.14. The average Bonchev–Trinajstić information content (AvgIpc) is 2.78. The fourth-order valence-corrected chi connectivity index (χ4v) is 3.08. The molecule has 0 fully saturated rings. The molecule has 0 aliphatic carbocycles. The molecule has 0 aliphatic heterocycles. The number of hydrogen-bond donors (Lipinski definition) is 6. The molecule has 12 heteroatoms. The molecule has 2 amide bonds. The second kappa shape index (κ2) is 11.7. The normalized spacial score (nSPS) is 10.4. The van der Waals surface area contributed by atoms with Gasteiger partial charge in [-0.2, -0.15) is 8.42 Å². The summed E-state index contributed by atoms with van der Waals surface area (Å²) in [5.74, 6) is -2.00. The molecule has 0 spiro atoms. The number of carbonyl (C=O) groups excluding carboxylic acids is 2. The number of nitrogens with two attached hydrogens (primary N) is 1. The van der Waals surface area contributed by atoms with Gasteiger partial charge in [0, 0.05) is 29.4 Å². The largest absolute Gasteiger partial charge is 0.478 e. The Bertz CT molecular complexity index is 1410. The SMILES string of the molecule is CC(=O)Nc1ccc(-c2ccccc2C(=O)Nc2ccc(C(=N)N)cc2)c(C(=O)O)c1.CS(=O)(=O)O. The molecule has 0 aliphatic rings. The van der Waals surface area contributed by atoms with E-state index in [1.54, 1.807) is 60.7 Å². The number of amidine groups is 1. The van der Waals surface area contributed by atoms with Crippen LogP contribution in [-0.2, 0) is 14.9 Å². The Morgan fingerprint density at radius 1 is 0.861 bits per heavy atom. The summed E-state index contributed by atoms with van der Waals surface area (Å²) in [4.78, 5) is 36.1. The van der Waals surface area contributed by atoms with Gasteiger partial charge in [0.15, 0.2) is 0 Å². The highest BCUT2D eigenvalue weighted by Gasteiger charge is 2.19. The predicted molar refractivity (Wildman–Crippen MR) is 136 cm³/mol. The monoisotopic (exact) mass is 512 g/mol. The summed E-state index contributed by atoms with van der Waals surface area (Å²) < 4.78 is 25.9. The van der Waals surface area contributed by atoms with Crippen molar-refractivity contribution in [2.24, 2.45) is 5.73 Å². The number of nitrogens with one attached hydrogen (secondary N) is 3. The summed E-state index contributed by atoms with van der Waals surface area (Å²) in [7, 11) is -3.67. The number of amides is 2. The van der Waals surface area contributed by atoms with Gasteiger partial charge in [-0.25, -0.2) is 4.79 Å². The molecule has 0 aromatic heterocycles. The standard InChI is InChI=1S/C23H20N4O4.CH4O3S/c1-13(28)26-16-10-11-18(20(12-16)23(30)31)17-4-2-3-5-19(17)22(29)27-15-8-6-14(7-9-15)21(24)25;1-5(2,3)4/h2-12H,1H3,(H3,24,25)(H,26,28)(H,27,29)(H,30,31);1H3,(H,2,3,4). The fraction of sp³-hybridized carbons (Fsp3) is 0.0833. The van der Waals surface area contributed by atoms with Crippen molar-refractivity contribution in [3.63, 3.8) is 0 Å². The summed E-state index contributed by atoms with van der Waals surface area (Å²) in [6.07, 6.45) is 0.715. The van der Waals surface area contributed by atoms with Gasteiger partial charge in [0.25, 0.3) is 16.0 Å². The molecule has 0 heterocycles. The highest BCUT2D eigenvalue weighted by atomic mass is 32.2. The van der Waals surface area contributed by atoms with Gasteiger partial charge in [-0.15, -0.1) is 0 Å². The van der Waals surface area contributed by atoms with E-state index < -0.39 is 22.0 Å². The van der Waals surface area contributed by atoms with Gasteiger partial charge < -0.3 is 21.5 Å². The van der Waals surface area contributed by atoms with Crippen molar-refractivity contribution in [3.8, 4) is 11.1 Å². The van der Waals surface area contributed by atoms with Gasteiger partial charge in [0.05, 0.1) is 11.8 Å². The van der Waals surface area contributed by atoms with Crippen molar-refractivity contribution in [3.05, 3.63) is 83.4 Å². The van der Waals surface area contributed by atoms with Crippen LogP contribution in [0.2, 0.25) is 0 Å². The molecule has 3 rings (SSSR count). The Morgan fingerprint density at radius 2 is 1.39 bits per heavy atom. The van der Waals surface area contributed by atoms with E-state index in [9.17, 15) is 27.9 Å². The van der Waals surface area contributed by atoms with Crippen molar-refractivity contribution in [1.82, 2.24) is 0 Å². The topological polar surface area (TPSA) is 200 Å². The van der Waals surface area contributed by atoms with Crippen LogP contribution in [0.25, 0.3) is 11.1 Å². The first-order valence-corrected chi connectivity index (χ1v) is 12.0. The zero-order chi connectivity index (χ0) is 27.0. The second-order valence-corrected chi connectivity index (χ2v) is 8.94. The van der Waals surface area contributed by atoms with Crippen molar-refractivity contribution in [2.45, 2.75) is 6.92 Å². The maximum Gasteiger partial charge on any atom is 0.336 e. The Morgan fingerprint density at radius 3 is 1.92 bits per heavy atom. The smallest absolute Gasteiger partial charge is 0.336 e. The van der Waals surface area contributed by atoms with Gasteiger partial charge in [0.1, 0.15) is 5.84 Å². The minimum atomic E-state index is -3.67. The molecule has 0 unspecified atom stereocenters. The molecule has 7 N–H and O–H groups in total. The number of aromatic carboxylic acids is 1. The van der Waals surface area contributed by atoms with E-state index in [0.29, 0.717) is 34.3 Å². The van der Waals surface area contributed by atoms with E-state index in [4.69, 9.17) is 15.7 Å². The van der Waals surface area contributed by atoms with E-state index in [1.165, 1.54) is 13.0 Å². The third-order valence-electron chi connectivity index (χ3n) is 4.49. The molecule has 36 heavy (non-hydrogen) atoms.